The summed E-state index contributed by atoms with van der Waals surface area (Å²) >= 11 is 0. The molecule has 3 nitrogen and oxygen atoms in total. The Kier molecular flexibility index (Phi) is 5.13. The van der Waals surface area contributed by atoms with Crippen molar-refractivity contribution in [3.8, 4) is 5.75 Å². The predicted molar refractivity (Wildman–Crippen MR) is 69.4 cm³/mol. The average molecular weight is 253 g/mol. The molecule has 1 aromatic carbocycles. The minimum absolute atomic E-state index is 0.0418. The van der Waals surface area contributed by atoms with Crippen LogP contribution in [0.1, 0.15) is 37.6 Å². The zero-order valence-electron chi connectivity index (χ0n) is 11.4. The second kappa shape index (κ2) is 6.38. The molecule has 0 saturated carbocycles. The van der Waals surface area contributed by atoms with Crippen molar-refractivity contribution in [3.05, 3.63) is 29.6 Å². The van der Waals surface area contributed by atoms with Crippen LogP contribution in [0.15, 0.2) is 18.2 Å². The van der Waals surface area contributed by atoms with Gasteiger partial charge < -0.3 is 9.64 Å². The van der Waals surface area contributed by atoms with Crippen molar-refractivity contribution in [3.63, 3.8) is 0 Å². The third kappa shape index (κ3) is 3.00. The molecule has 1 rings (SSSR count). The minimum atomic E-state index is -0.500. The van der Waals surface area contributed by atoms with Crippen LogP contribution in [0.5, 0.6) is 5.75 Å². The lowest BCUT2D eigenvalue weighted by atomic mass is 10.1. The molecule has 1 atom stereocenters. The molecular weight excluding hydrogens is 233 g/mol. The monoisotopic (exact) mass is 253 g/mol. The molecule has 0 bridgehead atoms. The van der Waals surface area contributed by atoms with Gasteiger partial charge in [0, 0.05) is 13.1 Å². The number of carbonyl (C=O) groups is 1. The highest BCUT2D eigenvalue weighted by molar-refractivity contribution is 5.97. The van der Waals surface area contributed by atoms with E-state index < -0.39 is 5.82 Å². The molecule has 0 heterocycles. The highest BCUT2D eigenvalue weighted by Crippen LogP contribution is 2.24. The van der Waals surface area contributed by atoms with E-state index in [2.05, 4.69) is 0 Å². The van der Waals surface area contributed by atoms with Crippen LogP contribution in [0.2, 0.25) is 0 Å². The molecule has 0 radical (unpaired) electrons. The molecule has 0 fully saturated rings. The number of nitrogens with zero attached hydrogens (tertiary/aromatic N) is 1. The average Bonchev–Trinajstić information content (AvgIpc) is 2.38. The van der Waals surface area contributed by atoms with Crippen LogP contribution in [-0.2, 0) is 0 Å². The molecule has 0 N–H and O–H groups in total. The molecule has 1 aromatic rings. The van der Waals surface area contributed by atoms with Crippen molar-refractivity contribution in [2.75, 3.05) is 13.7 Å². The Bertz CT molecular complexity index is 420. The van der Waals surface area contributed by atoms with E-state index in [0.717, 1.165) is 6.42 Å². The van der Waals surface area contributed by atoms with E-state index in [1.807, 2.05) is 13.8 Å². The van der Waals surface area contributed by atoms with Gasteiger partial charge in [0.15, 0.2) is 11.6 Å². The number of para-hydroxylation sites is 1. The van der Waals surface area contributed by atoms with Gasteiger partial charge in [-0.15, -0.1) is 0 Å². The van der Waals surface area contributed by atoms with Gasteiger partial charge in [0.25, 0.3) is 5.91 Å². The Hall–Kier alpha value is -1.58. The van der Waals surface area contributed by atoms with Crippen LogP contribution in [0.25, 0.3) is 0 Å². The van der Waals surface area contributed by atoms with E-state index >= 15 is 0 Å². The Morgan fingerprint density at radius 1 is 1.44 bits per heavy atom. The van der Waals surface area contributed by atoms with Crippen LogP contribution in [0.4, 0.5) is 4.39 Å². The summed E-state index contributed by atoms with van der Waals surface area (Å²) in [5.74, 6) is -0.673. The van der Waals surface area contributed by atoms with E-state index in [1.54, 1.807) is 24.9 Å². The molecule has 100 valence electrons. The van der Waals surface area contributed by atoms with Crippen molar-refractivity contribution in [2.45, 2.75) is 33.2 Å². The number of amides is 1. The fourth-order valence-electron chi connectivity index (χ4n) is 1.63. The molecule has 0 aliphatic heterocycles. The predicted octanol–water partition coefficient (Wildman–Crippen LogP) is 3.09. The normalized spacial score (nSPS) is 12.1. The third-order valence-electron chi connectivity index (χ3n) is 3.06. The molecule has 0 aliphatic carbocycles. The van der Waals surface area contributed by atoms with Crippen molar-refractivity contribution >= 4 is 5.91 Å². The van der Waals surface area contributed by atoms with E-state index in [9.17, 15) is 9.18 Å². The lowest BCUT2D eigenvalue weighted by Crippen LogP contribution is -2.34. The largest absolute Gasteiger partial charge is 0.490 e. The number of hydrogen-bond acceptors (Lipinski definition) is 2. The Morgan fingerprint density at radius 2 is 2.11 bits per heavy atom. The third-order valence-corrected chi connectivity index (χ3v) is 3.06. The number of halogens is 1. The summed E-state index contributed by atoms with van der Waals surface area (Å²) in [6.45, 7) is 6.05. The Balaban J connectivity index is 3.08. The zero-order chi connectivity index (χ0) is 13.7. The lowest BCUT2D eigenvalue weighted by Gasteiger charge is -2.24. The first-order valence-corrected chi connectivity index (χ1v) is 6.21. The van der Waals surface area contributed by atoms with Gasteiger partial charge in [-0.1, -0.05) is 13.0 Å². The van der Waals surface area contributed by atoms with E-state index in [4.69, 9.17) is 4.74 Å². The number of hydrogen-bond donors (Lipinski definition) is 0. The maximum absolute atomic E-state index is 13.6. The van der Waals surface area contributed by atoms with Crippen LogP contribution in [0.3, 0.4) is 0 Å². The van der Waals surface area contributed by atoms with Crippen LogP contribution >= 0.6 is 0 Å². The van der Waals surface area contributed by atoms with Crippen molar-refractivity contribution in [1.29, 1.82) is 0 Å². The summed E-state index contributed by atoms with van der Waals surface area (Å²) in [5.41, 5.74) is 0.277. The molecule has 0 saturated heterocycles. The first-order chi connectivity index (χ1) is 8.52. The molecule has 1 unspecified atom stereocenters. The smallest absolute Gasteiger partial charge is 0.257 e. The molecule has 0 aliphatic rings. The Labute approximate surface area is 108 Å². The van der Waals surface area contributed by atoms with Gasteiger partial charge in [-0.25, -0.2) is 4.39 Å². The van der Waals surface area contributed by atoms with Crippen LogP contribution in [-0.4, -0.2) is 30.5 Å². The van der Waals surface area contributed by atoms with Gasteiger partial charge in [-0.2, -0.15) is 0 Å². The molecule has 1 amide bonds. The number of rotatable bonds is 5. The topological polar surface area (TPSA) is 29.5 Å². The number of ether oxygens (including phenoxy) is 1. The molecular formula is C14H20FNO2. The summed E-state index contributed by atoms with van der Waals surface area (Å²) in [5, 5.41) is 0. The summed E-state index contributed by atoms with van der Waals surface area (Å²) < 4.78 is 18.9. The standard InChI is InChI=1S/C14H20FNO2/c1-5-10(3)16(4)14(17)11-8-7-9-12(15)13(11)18-6-2/h7-10H,5-6H2,1-4H3. The van der Waals surface area contributed by atoms with E-state index in [1.165, 1.54) is 12.1 Å². The highest BCUT2D eigenvalue weighted by Gasteiger charge is 2.21. The first kappa shape index (κ1) is 14.5. The van der Waals surface area contributed by atoms with Crippen molar-refractivity contribution in [1.82, 2.24) is 4.90 Å². The fraction of sp³-hybridized carbons (Fsp3) is 0.500. The fourth-order valence-corrected chi connectivity index (χ4v) is 1.63. The maximum atomic E-state index is 13.6. The maximum Gasteiger partial charge on any atom is 0.257 e. The molecule has 0 aromatic heterocycles. The number of carbonyl (C=O) groups excluding carboxylic acids is 1. The quantitative estimate of drug-likeness (QED) is 0.807. The lowest BCUT2D eigenvalue weighted by molar-refractivity contribution is 0.0735. The first-order valence-electron chi connectivity index (χ1n) is 6.21. The van der Waals surface area contributed by atoms with E-state index in [0.29, 0.717) is 6.61 Å². The highest BCUT2D eigenvalue weighted by atomic mass is 19.1. The minimum Gasteiger partial charge on any atom is -0.490 e. The van der Waals surface area contributed by atoms with Crippen LogP contribution in [0, 0.1) is 5.82 Å². The van der Waals surface area contributed by atoms with Gasteiger partial charge in [-0.3, -0.25) is 4.79 Å². The summed E-state index contributed by atoms with van der Waals surface area (Å²) in [7, 11) is 1.72. The van der Waals surface area contributed by atoms with E-state index in [-0.39, 0.29) is 23.3 Å². The van der Waals surface area contributed by atoms with Crippen molar-refractivity contribution in [2.24, 2.45) is 0 Å². The van der Waals surface area contributed by atoms with Gasteiger partial charge in [0.2, 0.25) is 0 Å². The molecule has 4 heteroatoms. The SMILES string of the molecule is CCOc1c(F)cccc1C(=O)N(C)C(C)CC. The van der Waals surface area contributed by atoms with Gasteiger partial charge >= 0.3 is 0 Å². The second-order valence-electron chi connectivity index (χ2n) is 4.22. The summed E-state index contributed by atoms with van der Waals surface area (Å²) in [6.07, 6.45) is 0.849. The van der Waals surface area contributed by atoms with Gasteiger partial charge in [0.05, 0.1) is 12.2 Å². The Morgan fingerprint density at radius 3 is 2.67 bits per heavy atom. The second-order valence-corrected chi connectivity index (χ2v) is 4.22. The van der Waals surface area contributed by atoms with Gasteiger partial charge in [-0.05, 0) is 32.4 Å². The number of benzene rings is 1. The van der Waals surface area contributed by atoms with Gasteiger partial charge in [0.1, 0.15) is 0 Å². The zero-order valence-corrected chi connectivity index (χ0v) is 11.4. The molecule has 0 spiro atoms. The summed E-state index contributed by atoms with van der Waals surface area (Å²) in [6, 6.07) is 4.52. The van der Waals surface area contributed by atoms with Crippen molar-refractivity contribution < 1.29 is 13.9 Å². The molecule has 18 heavy (non-hydrogen) atoms. The van der Waals surface area contributed by atoms with Crippen LogP contribution < -0.4 is 4.74 Å². The summed E-state index contributed by atoms with van der Waals surface area (Å²) in [4.78, 5) is 13.9.